The van der Waals surface area contributed by atoms with Gasteiger partial charge >= 0.3 is 6.18 Å². The highest BCUT2D eigenvalue weighted by atomic mass is 19.4. The van der Waals surface area contributed by atoms with E-state index in [-0.39, 0.29) is 5.56 Å². The van der Waals surface area contributed by atoms with Gasteiger partial charge in [-0.05, 0) is 26.3 Å². The van der Waals surface area contributed by atoms with Crippen LogP contribution in [0, 0.1) is 6.92 Å². The largest absolute Gasteiger partial charge is 0.427 e. The van der Waals surface area contributed by atoms with E-state index >= 15 is 0 Å². The van der Waals surface area contributed by atoms with Crippen molar-refractivity contribution in [3.8, 4) is 0 Å². The van der Waals surface area contributed by atoms with E-state index in [4.69, 9.17) is 9.47 Å². The van der Waals surface area contributed by atoms with Gasteiger partial charge in [0.05, 0.1) is 6.61 Å². The number of benzene rings is 1. The second-order valence-electron chi connectivity index (χ2n) is 5.46. The van der Waals surface area contributed by atoms with Crippen LogP contribution in [0.4, 0.5) is 17.6 Å². The Bertz CT molecular complexity index is 481. The zero-order valence-electron chi connectivity index (χ0n) is 11.4. The lowest BCUT2D eigenvalue weighted by Gasteiger charge is -2.45. The summed E-state index contributed by atoms with van der Waals surface area (Å²) in [6.45, 7) is 3.64. The van der Waals surface area contributed by atoms with Crippen molar-refractivity contribution in [2.24, 2.45) is 0 Å². The van der Waals surface area contributed by atoms with Gasteiger partial charge in [0, 0.05) is 0 Å². The van der Waals surface area contributed by atoms with Gasteiger partial charge in [-0.25, -0.2) is 4.39 Å². The van der Waals surface area contributed by atoms with E-state index < -0.39 is 30.3 Å². The summed E-state index contributed by atoms with van der Waals surface area (Å²) in [6, 6.07) is 6.14. The molecule has 1 aromatic carbocycles. The van der Waals surface area contributed by atoms with Crippen molar-refractivity contribution >= 4 is 0 Å². The van der Waals surface area contributed by atoms with Crippen molar-refractivity contribution < 1.29 is 27.0 Å². The van der Waals surface area contributed by atoms with Crippen LogP contribution in [0.3, 0.4) is 0 Å². The van der Waals surface area contributed by atoms with Crippen LogP contribution in [0.15, 0.2) is 24.3 Å². The predicted octanol–water partition coefficient (Wildman–Crippen LogP) is 4.09. The van der Waals surface area contributed by atoms with Gasteiger partial charge in [0.1, 0.15) is 6.10 Å². The maximum atomic E-state index is 14.5. The Morgan fingerprint density at radius 2 is 1.70 bits per heavy atom. The van der Waals surface area contributed by atoms with Gasteiger partial charge in [-0.3, -0.25) is 0 Å². The zero-order valence-corrected chi connectivity index (χ0v) is 11.4. The highest BCUT2D eigenvalue weighted by molar-refractivity contribution is 5.26. The third-order valence-electron chi connectivity index (χ3n) is 3.30. The Morgan fingerprint density at radius 1 is 1.15 bits per heavy atom. The van der Waals surface area contributed by atoms with Crippen molar-refractivity contribution in [2.75, 3.05) is 6.61 Å². The molecular formula is C14H16F4O2. The molecule has 0 radical (unpaired) electrons. The van der Waals surface area contributed by atoms with Crippen molar-refractivity contribution in [3.63, 3.8) is 0 Å². The molecule has 1 aromatic rings. The molecule has 0 bridgehead atoms. The monoisotopic (exact) mass is 292 g/mol. The quantitative estimate of drug-likeness (QED) is 0.726. The van der Waals surface area contributed by atoms with E-state index in [2.05, 4.69) is 0 Å². The summed E-state index contributed by atoms with van der Waals surface area (Å²) in [5.41, 5.74) is -2.54. The summed E-state index contributed by atoms with van der Waals surface area (Å²) in [5.74, 6) is -1.27. The lowest BCUT2D eigenvalue weighted by molar-refractivity contribution is -0.378. The van der Waals surface area contributed by atoms with Crippen molar-refractivity contribution in [1.29, 1.82) is 0 Å². The van der Waals surface area contributed by atoms with E-state index in [9.17, 15) is 17.6 Å². The average Bonchev–Trinajstić information content (AvgIpc) is 2.32. The zero-order chi connectivity index (χ0) is 15.2. The van der Waals surface area contributed by atoms with Gasteiger partial charge in [-0.1, -0.05) is 29.8 Å². The fraction of sp³-hybridized carbons (Fsp3) is 0.571. The van der Waals surface area contributed by atoms with E-state index in [0.717, 1.165) is 5.56 Å². The molecule has 0 aromatic heterocycles. The van der Waals surface area contributed by atoms with Crippen molar-refractivity contribution in [3.05, 3.63) is 35.4 Å². The fourth-order valence-corrected chi connectivity index (χ4v) is 2.07. The van der Waals surface area contributed by atoms with Crippen LogP contribution in [0.2, 0.25) is 0 Å². The minimum Gasteiger partial charge on any atom is -0.347 e. The lowest BCUT2D eigenvalue weighted by atomic mass is 9.90. The normalized spacial score (nSPS) is 30.2. The molecule has 1 aliphatic heterocycles. The standard InChI is InChI=1S/C14H16F4O2/c1-9-4-6-10(7-5-9)11-13(15,14(16,17)18)8-19-12(2,3)20-11/h4-7,11H,8H2,1-3H3/t11-,13+/m1/s1. The number of ether oxygens (including phenoxy) is 2. The lowest BCUT2D eigenvalue weighted by Crippen LogP contribution is -2.58. The molecule has 2 nitrogen and oxygen atoms in total. The number of aryl methyl sites for hydroxylation is 1. The predicted molar refractivity (Wildman–Crippen MR) is 64.9 cm³/mol. The SMILES string of the molecule is Cc1ccc([C@H]2OC(C)(C)OC[C@@]2(F)C(F)(F)F)cc1. The molecule has 1 saturated heterocycles. The average molecular weight is 292 g/mol. The number of halogens is 4. The smallest absolute Gasteiger partial charge is 0.347 e. The van der Waals surface area contributed by atoms with Crippen LogP contribution in [-0.4, -0.2) is 24.2 Å². The minimum absolute atomic E-state index is 0.145. The molecule has 0 spiro atoms. The summed E-state index contributed by atoms with van der Waals surface area (Å²) in [6.07, 6.45) is -6.81. The van der Waals surface area contributed by atoms with Crippen LogP contribution in [-0.2, 0) is 9.47 Å². The molecular weight excluding hydrogens is 276 g/mol. The van der Waals surface area contributed by atoms with Gasteiger partial charge in [-0.15, -0.1) is 0 Å². The number of alkyl halides is 4. The first-order valence-corrected chi connectivity index (χ1v) is 6.19. The maximum absolute atomic E-state index is 14.5. The molecule has 1 fully saturated rings. The van der Waals surface area contributed by atoms with E-state index in [0.29, 0.717) is 0 Å². The van der Waals surface area contributed by atoms with Crippen LogP contribution in [0.1, 0.15) is 31.1 Å². The van der Waals surface area contributed by atoms with E-state index in [1.807, 2.05) is 0 Å². The van der Waals surface area contributed by atoms with E-state index in [1.54, 1.807) is 19.1 Å². The van der Waals surface area contributed by atoms with Crippen LogP contribution >= 0.6 is 0 Å². The van der Waals surface area contributed by atoms with Gasteiger partial charge in [0.25, 0.3) is 5.67 Å². The third-order valence-corrected chi connectivity index (χ3v) is 3.30. The number of rotatable bonds is 1. The molecule has 0 unspecified atom stereocenters. The Labute approximate surface area is 114 Å². The molecule has 2 rings (SSSR count). The van der Waals surface area contributed by atoms with Gasteiger partial charge < -0.3 is 9.47 Å². The Hall–Kier alpha value is -1.14. The van der Waals surface area contributed by atoms with Crippen molar-refractivity contribution in [2.45, 2.75) is 44.5 Å². The van der Waals surface area contributed by atoms with E-state index in [1.165, 1.54) is 26.0 Å². The molecule has 20 heavy (non-hydrogen) atoms. The molecule has 6 heteroatoms. The fourth-order valence-electron chi connectivity index (χ4n) is 2.07. The third kappa shape index (κ3) is 2.67. The first-order valence-electron chi connectivity index (χ1n) is 6.19. The van der Waals surface area contributed by atoms with Gasteiger partial charge in [-0.2, -0.15) is 13.2 Å². The van der Waals surface area contributed by atoms with Gasteiger partial charge in [0.2, 0.25) is 0 Å². The molecule has 112 valence electrons. The van der Waals surface area contributed by atoms with Crippen LogP contribution < -0.4 is 0 Å². The molecule has 1 heterocycles. The molecule has 1 aliphatic rings. The minimum atomic E-state index is -5.07. The number of hydrogen-bond acceptors (Lipinski definition) is 2. The second kappa shape index (κ2) is 4.70. The van der Waals surface area contributed by atoms with Gasteiger partial charge in [0.15, 0.2) is 5.79 Å². The molecule has 0 amide bonds. The highest BCUT2D eigenvalue weighted by Gasteiger charge is 2.65. The van der Waals surface area contributed by atoms with Crippen molar-refractivity contribution in [1.82, 2.24) is 0 Å². The first-order chi connectivity index (χ1) is 9.05. The topological polar surface area (TPSA) is 18.5 Å². The second-order valence-corrected chi connectivity index (χ2v) is 5.46. The molecule has 2 atom stereocenters. The molecule has 0 N–H and O–H groups in total. The van der Waals surface area contributed by atoms with Crippen LogP contribution in [0.25, 0.3) is 0 Å². The summed E-state index contributed by atoms with van der Waals surface area (Å²) < 4.78 is 63.8. The summed E-state index contributed by atoms with van der Waals surface area (Å²) in [7, 11) is 0. The summed E-state index contributed by atoms with van der Waals surface area (Å²) >= 11 is 0. The summed E-state index contributed by atoms with van der Waals surface area (Å²) in [4.78, 5) is 0. The Kier molecular flexibility index (Phi) is 3.59. The highest BCUT2D eigenvalue weighted by Crippen LogP contribution is 2.50. The summed E-state index contributed by atoms with van der Waals surface area (Å²) in [5, 5.41) is 0. The Morgan fingerprint density at radius 3 is 2.20 bits per heavy atom. The first kappa shape index (κ1) is 15.3. The van der Waals surface area contributed by atoms with Crippen LogP contribution in [0.5, 0.6) is 0 Å². The Balaban J connectivity index is 2.44. The molecule has 0 aliphatic carbocycles. The molecule has 0 saturated carbocycles. The maximum Gasteiger partial charge on any atom is 0.427 e. The number of hydrogen-bond donors (Lipinski definition) is 0.